The molecule has 8 heteroatoms. The quantitative estimate of drug-likeness (QED) is 0.321. The molecule has 0 aliphatic heterocycles. The Balaban J connectivity index is 0.00000342. The maximum Gasteiger partial charge on any atom is 0.262 e. The van der Waals surface area contributed by atoms with E-state index >= 15 is 0 Å². The molecular formula is C27H33ClN4O3. The molecule has 0 aliphatic rings. The van der Waals surface area contributed by atoms with Crippen molar-refractivity contribution in [2.24, 2.45) is 18.7 Å². The van der Waals surface area contributed by atoms with Crippen molar-refractivity contribution in [1.29, 1.82) is 0 Å². The SMILES string of the molecule is COc1ccc(CNc2nccc3c2c(=O)n(C)c2cc(OCC(N)CC(C)C)ccc32)cc1.Cl. The molecule has 0 amide bonds. The van der Waals surface area contributed by atoms with Gasteiger partial charge in [-0.25, -0.2) is 4.98 Å². The molecule has 7 nitrogen and oxygen atoms in total. The minimum absolute atomic E-state index is 0. The lowest BCUT2D eigenvalue weighted by Gasteiger charge is -2.17. The Labute approximate surface area is 211 Å². The van der Waals surface area contributed by atoms with Gasteiger partial charge in [-0.2, -0.15) is 0 Å². The Morgan fingerprint density at radius 2 is 1.77 bits per heavy atom. The number of pyridine rings is 2. The molecule has 0 fully saturated rings. The summed E-state index contributed by atoms with van der Waals surface area (Å²) in [4.78, 5) is 17.8. The van der Waals surface area contributed by atoms with E-state index in [4.69, 9.17) is 15.2 Å². The molecule has 2 aromatic heterocycles. The summed E-state index contributed by atoms with van der Waals surface area (Å²) < 4.78 is 12.8. The van der Waals surface area contributed by atoms with Gasteiger partial charge in [-0.15, -0.1) is 12.4 Å². The molecule has 3 N–H and O–H groups in total. The number of halogens is 1. The molecule has 4 aromatic rings. The van der Waals surface area contributed by atoms with Gasteiger partial charge in [0.15, 0.2) is 0 Å². The van der Waals surface area contributed by atoms with Crippen LogP contribution in [0.25, 0.3) is 21.7 Å². The van der Waals surface area contributed by atoms with Crippen molar-refractivity contribution in [2.75, 3.05) is 19.0 Å². The summed E-state index contributed by atoms with van der Waals surface area (Å²) in [5.74, 6) is 2.59. The van der Waals surface area contributed by atoms with Gasteiger partial charge in [0, 0.05) is 42.7 Å². The smallest absolute Gasteiger partial charge is 0.262 e. The molecule has 0 bridgehead atoms. The number of aryl methyl sites for hydroxylation is 1. The molecule has 0 aliphatic carbocycles. The van der Waals surface area contributed by atoms with Gasteiger partial charge in [0.25, 0.3) is 5.56 Å². The highest BCUT2D eigenvalue weighted by atomic mass is 35.5. The summed E-state index contributed by atoms with van der Waals surface area (Å²) in [5, 5.41) is 5.72. The molecule has 4 rings (SSSR count). The number of nitrogens with zero attached hydrogens (tertiary/aromatic N) is 2. The largest absolute Gasteiger partial charge is 0.497 e. The average molecular weight is 497 g/mol. The number of anilines is 1. The van der Waals surface area contributed by atoms with Crippen molar-refractivity contribution in [1.82, 2.24) is 9.55 Å². The van der Waals surface area contributed by atoms with Crippen LogP contribution in [0.3, 0.4) is 0 Å². The third-order valence-corrected chi connectivity index (χ3v) is 5.95. The van der Waals surface area contributed by atoms with E-state index < -0.39 is 0 Å². The van der Waals surface area contributed by atoms with Crippen LogP contribution in [-0.2, 0) is 13.6 Å². The first-order valence-corrected chi connectivity index (χ1v) is 11.5. The summed E-state index contributed by atoms with van der Waals surface area (Å²) in [6.45, 7) is 5.27. The minimum Gasteiger partial charge on any atom is -0.497 e. The van der Waals surface area contributed by atoms with Crippen LogP contribution in [0.1, 0.15) is 25.8 Å². The van der Waals surface area contributed by atoms with Gasteiger partial charge >= 0.3 is 0 Å². The van der Waals surface area contributed by atoms with Crippen molar-refractivity contribution in [3.63, 3.8) is 0 Å². The van der Waals surface area contributed by atoms with Gasteiger partial charge in [-0.05, 0) is 48.2 Å². The first-order chi connectivity index (χ1) is 16.4. The molecule has 1 atom stereocenters. The second kappa shape index (κ2) is 11.4. The van der Waals surface area contributed by atoms with E-state index in [2.05, 4.69) is 24.1 Å². The minimum atomic E-state index is -0.110. The molecule has 35 heavy (non-hydrogen) atoms. The number of rotatable bonds is 9. The van der Waals surface area contributed by atoms with Crippen molar-refractivity contribution >= 4 is 39.9 Å². The van der Waals surface area contributed by atoms with Gasteiger partial charge in [-0.1, -0.05) is 26.0 Å². The van der Waals surface area contributed by atoms with Crippen LogP contribution in [0.4, 0.5) is 5.82 Å². The standard InChI is InChI=1S/C27H32N4O3.ClH/c1-17(2)13-19(28)16-34-21-9-10-22-23-11-12-29-26(25(23)27(32)31(3)24(22)14-21)30-15-18-5-7-20(33-4)8-6-18;/h5-12,14,17,19H,13,15-16,28H2,1-4H3,(H,29,30);1H. The fraction of sp³-hybridized carbons (Fsp3) is 0.333. The fourth-order valence-electron chi connectivity index (χ4n) is 4.23. The van der Waals surface area contributed by atoms with Gasteiger partial charge in [0.2, 0.25) is 0 Å². The van der Waals surface area contributed by atoms with Crippen molar-refractivity contribution in [3.05, 3.63) is 70.6 Å². The zero-order valence-corrected chi connectivity index (χ0v) is 21.4. The Morgan fingerprint density at radius 1 is 1.06 bits per heavy atom. The molecule has 186 valence electrons. The van der Waals surface area contributed by atoms with Gasteiger partial charge in [0.05, 0.1) is 18.0 Å². The number of methoxy groups -OCH3 is 1. The van der Waals surface area contributed by atoms with E-state index in [0.717, 1.165) is 34.0 Å². The first kappa shape index (κ1) is 26.3. The molecule has 2 heterocycles. The monoisotopic (exact) mass is 496 g/mol. The van der Waals surface area contributed by atoms with Crippen LogP contribution in [-0.4, -0.2) is 29.3 Å². The Kier molecular flexibility index (Phi) is 8.59. The van der Waals surface area contributed by atoms with Gasteiger partial charge in [0.1, 0.15) is 23.9 Å². The van der Waals surface area contributed by atoms with Crippen molar-refractivity contribution in [2.45, 2.75) is 32.9 Å². The molecule has 0 spiro atoms. The van der Waals surface area contributed by atoms with E-state index in [1.165, 1.54) is 0 Å². The Bertz CT molecular complexity index is 1350. The Hall–Kier alpha value is -3.29. The highest BCUT2D eigenvalue weighted by Gasteiger charge is 2.14. The number of benzene rings is 2. The predicted molar refractivity (Wildman–Crippen MR) is 145 cm³/mol. The topological polar surface area (TPSA) is 91.4 Å². The summed E-state index contributed by atoms with van der Waals surface area (Å²) in [5.41, 5.74) is 7.92. The summed E-state index contributed by atoms with van der Waals surface area (Å²) in [7, 11) is 3.42. The normalized spacial score (nSPS) is 11.9. The van der Waals surface area contributed by atoms with E-state index in [1.807, 2.05) is 48.5 Å². The maximum absolute atomic E-state index is 13.4. The maximum atomic E-state index is 13.4. The number of nitrogens with one attached hydrogen (secondary N) is 1. The number of nitrogens with two attached hydrogens (primary N) is 1. The second-order valence-corrected chi connectivity index (χ2v) is 9.03. The van der Waals surface area contributed by atoms with Crippen LogP contribution in [0.5, 0.6) is 11.5 Å². The number of fused-ring (bicyclic) bond motifs is 3. The zero-order chi connectivity index (χ0) is 24.2. The molecular weight excluding hydrogens is 464 g/mol. The highest BCUT2D eigenvalue weighted by molar-refractivity contribution is 6.09. The van der Waals surface area contributed by atoms with E-state index in [0.29, 0.717) is 36.0 Å². The number of hydrogen-bond acceptors (Lipinski definition) is 6. The fourth-order valence-corrected chi connectivity index (χ4v) is 4.23. The molecule has 0 radical (unpaired) electrons. The van der Waals surface area contributed by atoms with Crippen molar-refractivity contribution < 1.29 is 9.47 Å². The third kappa shape index (κ3) is 5.86. The Morgan fingerprint density at radius 3 is 2.46 bits per heavy atom. The van der Waals surface area contributed by atoms with Gasteiger partial charge < -0.3 is 25.1 Å². The lowest BCUT2D eigenvalue weighted by molar-refractivity contribution is 0.271. The zero-order valence-electron chi connectivity index (χ0n) is 20.6. The van der Waals surface area contributed by atoms with Crippen LogP contribution in [0, 0.1) is 5.92 Å². The summed E-state index contributed by atoms with van der Waals surface area (Å²) >= 11 is 0. The van der Waals surface area contributed by atoms with E-state index in [9.17, 15) is 4.79 Å². The molecule has 0 saturated carbocycles. The lowest BCUT2D eigenvalue weighted by atomic mass is 10.1. The molecule has 0 saturated heterocycles. The molecule has 2 aromatic carbocycles. The number of hydrogen-bond donors (Lipinski definition) is 2. The average Bonchev–Trinajstić information content (AvgIpc) is 2.84. The van der Waals surface area contributed by atoms with E-state index in [1.54, 1.807) is 24.9 Å². The van der Waals surface area contributed by atoms with Crippen LogP contribution < -0.4 is 26.1 Å². The van der Waals surface area contributed by atoms with Crippen LogP contribution in [0.2, 0.25) is 0 Å². The van der Waals surface area contributed by atoms with Crippen LogP contribution >= 0.6 is 12.4 Å². The predicted octanol–water partition coefficient (Wildman–Crippen LogP) is 4.88. The lowest BCUT2D eigenvalue weighted by Crippen LogP contribution is -2.29. The summed E-state index contributed by atoms with van der Waals surface area (Å²) in [6.07, 6.45) is 2.63. The summed E-state index contributed by atoms with van der Waals surface area (Å²) in [6, 6.07) is 15.5. The number of ether oxygens (including phenoxy) is 2. The number of aromatic nitrogens is 2. The molecule has 1 unspecified atom stereocenters. The van der Waals surface area contributed by atoms with Gasteiger partial charge in [-0.3, -0.25) is 4.79 Å². The van der Waals surface area contributed by atoms with E-state index in [-0.39, 0.29) is 24.0 Å². The first-order valence-electron chi connectivity index (χ1n) is 11.5. The van der Waals surface area contributed by atoms with Crippen molar-refractivity contribution in [3.8, 4) is 11.5 Å². The second-order valence-electron chi connectivity index (χ2n) is 9.03. The van der Waals surface area contributed by atoms with Crippen LogP contribution in [0.15, 0.2) is 59.5 Å². The third-order valence-electron chi connectivity index (χ3n) is 5.95. The highest BCUT2D eigenvalue weighted by Crippen LogP contribution is 2.29.